The summed E-state index contributed by atoms with van der Waals surface area (Å²) in [7, 11) is 0. The van der Waals surface area contributed by atoms with Crippen molar-refractivity contribution in [3.63, 3.8) is 0 Å². The summed E-state index contributed by atoms with van der Waals surface area (Å²) in [5.74, 6) is 1.28. The summed E-state index contributed by atoms with van der Waals surface area (Å²) in [6, 6.07) is 18.9. The molecule has 0 bridgehead atoms. The fraction of sp³-hybridized carbons (Fsp3) is 0.500. The Bertz CT molecular complexity index is 1310. The maximum atomic E-state index is 14.2. The summed E-state index contributed by atoms with van der Waals surface area (Å²) in [4.78, 5) is 26.5. The van der Waals surface area contributed by atoms with Gasteiger partial charge in [0.1, 0.15) is 17.7 Å². The number of rotatable bonds is 10. The minimum Gasteiger partial charge on any atom is -0.480 e. The number of hydrogen-bond acceptors (Lipinski definition) is 5. The molecule has 3 fully saturated rings. The number of carboxylic acid groups (broad SMARTS) is 1. The third-order valence-corrected chi connectivity index (χ3v) is 9.68. The Kier molecular flexibility index (Phi) is 8.73. The SMILES string of the molecule is O=C(O)[C@@H](CC1CCC1)N1C[C@H](CN2CCC(c3ccnc(Cc4ccccc4)n3)CC2)[C@@H](c2cccc(F)c2)C1. The Hall–Kier alpha value is -3.16. The highest BCUT2D eigenvalue weighted by molar-refractivity contribution is 5.73. The lowest BCUT2D eigenvalue weighted by atomic mass is 9.80. The van der Waals surface area contributed by atoms with Gasteiger partial charge >= 0.3 is 5.97 Å². The van der Waals surface area contributed by atoms with Gasteiger partial charge in [-0.3, -0.25) is 9.69 Å². The Morgan fingerprint density at radius 1 is 1.00 bits per heavy atom. The quantitative estimate of drug-likeness (QED) is 0.343. The number of aromatic nitrogens is 2. The Morgan fingerprint density at radius 3 is 2.51 bits per heavy atom. The zero-order valence-corrected chi connectivity index (χ0v) is 23.7. The van der Waals surface area contributed by atoms with Crippen LogP contribution in [-0.4, -0.2) is 69.6 Å². The number of benzene rings is 2. The molecule has 1 N–H and O–H groups in total. The number of halogens is 1. The van der Waals surface area contributed by atoms with Gasteiger partial charge in [0.25, 0.3) is 0 Å². The molecule has 0 spiro atoms. The van der Waals surface area contributed by atoms with Crippen LogP contribution < -0.4 is 0 Å². The predicted molar refractivity (Wildman–Crippen MR) is 157 cm³/mol. The van der Waals surface area contributed by atoms with E-state index in [0.717, 1.165) is 81.8 Å². The van der Waals surface area contributed by atoms with Gasteiger partial charge in [-0.1, -0.05) is 61.7 Å². The average molecular weight is 557 g/mol. The van der Waals surface area contributed by atoms with Crippen LogP contribution in [0.5, 0.6) is 0 Å². The van der Waals surface area contributed by atoms with Gasteiger partial charge in [-0.25, -0.2) is 14.4 Å². The molecule has 0 amide bonds. The molecule has 1 saturated carbocycles. The van der Waals surface area contributed by atoms with Crippen LogP contribution in [0.25, 0.3) is 0 Å². The molecule has 6 nitrogen and oxygen atoms in total. The molecule has 3 atom stereocenters. The summed E-state index contributed by atoms with van der Waals surface area (Å²) < 4.78 is 14.2. The van der Waals surface area contributed by atoms with Crippen molar-refractivity contribution in [1.82, 2.24) is 19.8 Å². The summed E-state index contributed by atoms with van der Waals surface area (Å²) in [5, 5.41) is 10.1. The van der Waals surface area contributed by atoms with E-state index in [1.807, 2.05) is 30.5 Å². The zero-order chi connectivity index (χ0) is 28.2. The van der Waals surface area contributed by atoms with Crippen molar-refractivity contribution >= 4 is 5.97 Å². The van der Waals surface area contributed by atoms with E-state index in [-0.39, 0.29) is 17.7 Å². The number of piperidine rings is 1. The van der Waals surface area contributed by atoms with Crippen LogP contribution in [0.1, 0.15) is 73.0 Å². The lowest BCUT2D eigenvalue weighted by molar-refractivity contribution is -0.144. The van der Waals surface area contributed by atoms with Crippen molar-refractivity contribution in [3.05, 3.63) is 95.3 Å². The molecule has 0 unspecified atom stereocenters. The van der Waals surface area contributed by atoms with Gasteiger partial charge in [0, 0.05) is 49.8 Å². The van der Waals surface area contributed by atoms with E-state index in [9.17, 15) is 14.3 Å². The fourth-order valence-electron chi connectivity index (χ4n) is 7.16. The van der Waals surface area contributed by atoms with Crippen molar-refractivity contribution < 1.29 is 14.3 Å². The van der Waals surface area contributed by atoms with E-state index in [1.165, 1.54) is 18.1 Å². The van der Waals surface area contributed by atoms with Crippen LogP contribution in [-0.2, 0) is 11.2 Å². The van der Waals surface area contributed by atoms with Crippen LogP contribution in [0.2, 0.25) is 0 Å². The van der Waals surface area contributed by atoms with Crippen molar-refractivity contribution in [2.75, 3.05) is 32.7 Å². The molecule has 216 valence electrons. The van der Waals surface area contributed by atoms with Gasteiger partial charge in [-0.15, -0.1) is 0 Å². The number of likely N-dealkylation sites (tertiary alicyclic amines) is 2. The number of carboxylic acids is 1. The van der Waals surface area contributed by atoms with Crippen LogP contribution in [0.3, 0.4) is 0 Å². The smallest absolute Gasteiger partial charge is 0.320 e. The molecule has 0 radical (unpaired) electrons. The number of aliphatic carboxylic acids is 1. The molecule has 1 aromatic heterocycles. The number of carbonyl (C=O) groups is 1. The minimum absolute atomic E-state index is 0.133. The van der Waals surface area contributed by atoms with Gasteiger partial charge in [0.2, 0.25) is 0 Å². The maximum Gasteiger partial charge on any atom is 0.320 e. The minimum atomic E-state index is -0.715. The summed E-state index contributed by atoms with van der Waals surface area (Å²) in [6.45, 7) is 4.31. The molecule has 7 heteroatoms. The first-order valence-electron chi connectivity index (χ1n) is 15.3. The highest BCUT2D eigenvalue weighted by Gasteiger charge is 2.41. The number of nitrogens with zero attached hydrogens (tertiary/aromatic N) is 4. The van der Waals surface area contributed by atoms with Crippen LogP contribution >= 0.6 is 0 Å². The summed E-state index contributed by atoms with van der Waals surface area (Å²) >= 11 is 0. The number of hydrogen-bond donors (Lipinski definition) is 1. The second kappa shape index (κ2) is 12.8. The normalized spacial score (nSPS) is 23.3. The molecule has 3 heterocycles. The Balaban J connectivity index is 1.10. The highest BCUT2D eigenvalue weighted by atomic mass is 19.1. The maximum absolute atomic E-state index is 14.2. The monoisotopic (exact) mass is 556 g/mol. The van der Waals surface area contributed by atoms with E-state index in [0.29, 0.717) is 18.4 Å². The molecule has 2 aliphatic heterocycles. The Morgan fingerprint density at radius 2 is 1.80 bits per heavy atom. The molecule has 3 aromatic rings. The highest BCUT2D eigenvalue weighted by Crippen LogP contribution is 2.39. The van der Waals surface area contributed by atoms with E-state index >= 15 is 0 Å². The lowest BCUT2D eigenvalue weighted by Gasteiger charge is -2.35. The first-order valence-corrected chi connectivity index (χ1v) is 15.3. The molecular weight excluding hydrogens is 515 g/mol. The average Bonchev–Trinajstić information content (AvgIpc) is 3.36. The van der Waals surface area contributed by atoms with Gasteiger partial charge in [-0.2, -0.15) is 0 Å². The van der Waals surface area contributed by atoms with Crippen molar-refractivity contribution in [2.45, 2.75) is 62.8 Å². The largest absolute Gasteiger partial charge is 0.480 e. The first kappa shape index (κ1) is 28.0. The third kappa shape index (κ3) is 6.84. The summed E-state index contributed by atoms with van der Waals surface area (Å²) in [6.07, 6.45) is 8.95. The second-order valence-corrected chi connectivity index (χ2v) is 12.4. The molecular formula is C34H41FN4O2. The molecule has 41 heavy (non-hydrogen) atoms. The topological polar surface area (TPSA) is 69.6 Å². The van der Waals surface area contributed by atoms with Gasteiger partial charge in [-0.05, 0) is 73.5 Å². The first-order chi connectivity index (χ1) is 20.0. The molecule has 3 aliphatic rings. The Labute approximate surface area is 242 Å². The van der Waals surface area contributed by atoms with E-state index in [2.05, 4.69) is 33.0 Å². The van der Waals surface area contributed by atoms with Crippen molar-refractivity contribution in [2.24, 2.45) is 11.8 Å². The van der Waals surface area contributed by atoms with E-state index in [4.69, 9.17) is 4.98 Å². The zero-order valence-electron chi connectivity index (χ0n) is 23.7. The predicted octanol–water partition coefficient (Wildman–Crippen LogP) is 5.74. The van der Waals surface area contributed by atoms with E-state index in [1.54, 1.807) is 12.1 Å². The van der Waals surface area contributed by atoms with Gasteiger partial charge in [0.15, 0.2) is 0 Å². The molecule has 2 aromatic carbocycles. The lowest BCUT2D eigenvalue weighted by Crippen LogP contribution is -2.43. The van der Waals surface area contributed by atoms with Gasteiger partial charge < -0.3 is 10.0 Å². The third-order valence-electron chi connectivity index (χ3n) is 9.68. The van der Waals surface area contributed by atoms with Crippen LogP contribution in [0.15, 0.2) is 66.9 Å². The standard InChI is InChI=1S/C34H41FN4O2/c35-29-11-5-10-27(20-29)30-23-39(32(34(40)41)18-24-8-4-9-24)22-28(30)21-38-16-13-26(14-17-38)31-12-15-36-33(37-31)19-25-6-2-1-3-7-25/h1-3,5-7,10-12,15,20,24,26,28,30,32H,4,8-9,13-14,16-19,21-23H2,(H,40,41)/t28-,30+,32+/m0/s1. The van der Waals surface area contributed by atoms with Crippen LogP contribution in [0, 0.1) is 17.7 Å². The summed E-state index contributed by atoms with van der Waals surface area (Å²) in [5.41, 5.74) is 3.35. The second-order valence-electron chi connectivity index (χ2n) is 12.4. The fourth-order valence-corrected chi connectivity index (χ4v) is 7.16. The van der Waals surface area contributed by atoms with E-state index < -0.39 is 12.0 Å². The molecule has 6 rings (SSSR count). The van der Waals surface area contributed by atoms with Crippen LogP contribution in [0.4, 0.5) is 4.39 Å². The van der Waals surface area contributed by atoms with Crippen molar-refractivity contribution in [3.8, 4) is 0 Å². The molecule has 1 aliphatic carbocycles. The van der Waals surface area contributed by atoms with Crippen molar-refractivity contribution in [1.29, 1.82) is 0 Å². The van der Waals surface area contributed by atoms with Gasteiger partial charge in [0.05, 0.1) is 0 Å². The molecule has 2 saturated heterocycles.